The van der Waals surface area contributed by atoms with Gasteiger partial charge in [0.05, 0.1) is 53.6 Å². The Kier molecular flexibility index (Phi) is 5.63. The number of nitriles is 1. The van der Waals surface area contributed by atoms with Crippen molar-refractivity contribution < 1.29 is 4.74 Å². The number of rotatable bonds is 6. The third-order valence-corrected chi connectivity index (χ3v) is 6.56. The standard InChI is InChI=1S/C24H27N9O/c1-24(26-2)4-6-32(7-5-24)22-12-27-21(11-28-22)20-8-19(34-15-18-13-31(3)16-29-18)14-33-23(20)17(9-25)10-30-33/h8,10-14,16,26H,4-7,15H2,1-3H3. The van der Waals surface area contributed by atoms with Crippen molar-refractivity contribution in [3.8, 4) is 23.1 Å². The van der Waals surface area contributed by atoms with Crippen LogP contribution in [0.1, 0.15) is 31.0 Å². The zero-order valence-corrected chi connectivity index (χ0v) is 19.6. The van der Waals surface area contributed by atoms with Gasteiger partial charge in [-0.3, -0.25) is 4.98 Å². The van der Waals surface area contributed by atoms with Crippen molar-refractivity contribution in [1.29, 1.82) is 5.26 Å². The molecule has 0 radical (unpaired) electrons. The van der Waals surface area contributed by atoms with Crippen molar-refractivity contribution >= 4 is 11.3 Å². The zero-order chi connectivity index (χ0) is 23.7. The lowest BCUT2D eigenvalue weighted by atomic mass is 9.90. The van der Waals surface area contributed by atoms with E-state index in [1.807, 2.05) is 30.9 Å². The smallest absolute Gasteiger partial charge is 0.147 e. The van der Waals surface area contributed by atoms with Crippen LogP contribution >= 0.6 is 0 Å². The van der Waals surface area contributed by atoms with Gasteiger partial charge in [0.1, 0.15) is 24.2 Å². The number of imidazole rings is 1. The first-order valence-corrected chi connectivity index (χ1v) is 11.3. The number of piperidine rings is 1. The van der Waals surface area contributed by atoms with Crippen LogP contribution in [-0.2, 0) is 13.7 Å². The van der Waals surface area contributed by atoms with E-state index in [1.54, 1.807) is 35.6 Å². The molecule has 5 rings (SSSR count). The minimum atomic E-state index is 0.168. The van der Waals surface area contributed by atoms with E-state index in [2.05, 4.69) is 33.3 Å². The van der Waals surface area contributed by atoms with Gasteiger partial charge in [0, 0.05) is 37.4 Å². The summed E-state index contributed by atoms with van der Waals surface area (Å²) in [5.41, 5.74) is 3.54. The molecule has 0 saturated carbocycles. The molecule has 5 heterocycles. The number of ether oxygens (including phenoxy) is 1. The van der Waals surface area contributed by atoms with Gasteiger partial charge in [0.25, 0.3) is 0 Å². The van der Waals surface area contributed by atoms with E-state index in [-0.39, 0.29) is 5.54 Å². The number of hydrogen-bond donors (Lipinski definition) is 1. The molecule has 0 atom stereocenters. The second kappa shape index (κ2) is 8.76. The fraction of sp³-hybridized carbons (Fsp3) is 0.375. The summed E-state index contributed by atoms with van der Waals surface area (Å²) in [6, 6.07) is 4.10. The topological polar surface area (TPSA) is 109 Å². The van der Waals surface area contributed by atoms with E-state index in [0.29, 0.717) is 29.1 Å². The fourth-order valence-corrected chi connectivity index (χ4v) is 4.25. The molecule has 1 aliphatic heterocycles. The summed E-state index contributed by atoms with van der Waals surface area (Å²) in [7, 11) is 3.94. The Bertz CT molecular complexity index is 1340. The average molecular weight is 458 g/mol. The van der Waals surface area contributed by atoms with Crippen LogP contribution in [0.3, 0.4) is 0 Å². The molecule has 0 aromatic carbocycles. The second-order valence-electron chi connectivity index (χ2n) is 8.93. The molecule has 1 fully saturated rings. The van der Waals surface area contributed by atoms with Gasteiger partial charge in [-0.05, 0) is 32.9 Å². The van der Waals surface area contributed by atoms with E-state index in [9.17, 15) is 5.26 Å². The second-order valence-corrected chi connectivity index (χ2v) is 8.93. The summed E-state index contributed by atoms with van der Waals surface area (Å²) in [6.45, 7) is 4.43. The first-order chi connectivity index (χ1) is 16.5. The molecule has 34 heavy (non-hydrogen) atoms. The van der Waals surface area contributed by atoms with E-state index in [4.69, 9.17) is 14.7 Å². The van der Waals surface area contributed by atoms with E-state index in [0.717, 1.165) is 43.0 Å². The summed E-state index contributed by atoms with van der Waals surface area (Å²) in [5.74, 6) is 1.46. The van der Waals surface area contributed by atoms with E-state index < -0.39 is 0 Å². The summed E-state index contributed by atoms with van der Waals surface area (Å²) in [5, 5.41) is 17.4. The average Bonchev–Trinajstić information content (AvgIpc) is 3.48. The third kappa shape index (κ3) is 4.18. The maximum Gasteiger partial charge on any atom is 0.147 e. The predicted molar refractivity (Wildman–Crippen MR) is 127 cm³/mol. The third-order valence-electron chi connectivity index (χ3n) is 6.56. The highest BCUT2D eigenvalue weighted by Crippen LogP contribution is 2.31. The van der Waals surface area contributed by atoms with Gasteiger partial charge in [-0.25, -0.2) is 14.5 Å². The van der Waals surface area contributed by atoms with Crippen LogP contribution in [0.2, 0.25) is 0 Å². The lowest BCUT2D eigenvalue weighted by Gasteiger charge is -2.39. The highest BCUT2D eigenvalue weighted by molar-refractivity contribution is 5.83. The Hall–Kier alpha value is -3.97. The van der Waals surface area contributed by atoms with Gasteiger partial charge in [0.15, 0.2) is 0 Å². The molecule has 4 aromatic rings. The number of aromatic nitrogens is 6. The summed E-state index contributed by atoms with van der Waals surface area (Å²) < 4.78 is 9.51. The monoisotopic (exact) mass is 457 g/mol. The minimum absolute atomic E-state index is 0.168. The maximum absolute atomic E-state index is 9.60. The van der Waals surface area contributed by atoms with Crippen LogP contribution in [-0.4, -0.2) is 54.8 Å². The summed E-state index contributed by atoms with van der Waals surface area (Å²) in [6.07, 6.45) is 12.6. The largest absolute Gasteiger partial charge is 0.486 e. The van der Waals surface area contributed by atoms with Crippen molar-refractivity contribution in [2.75, 3.05) is 25.0 Å². The lowest BCUT2D eigenvalue weighted by molar-refractivity contribution is 0.300. The molecule has 0 amide bonds. The number of fused-ring (bicyclic) bond motifs is 1. The molecule has 0 unspecified atom stereocenters. The first-order valence-electron chi connectivity index (χ1n) is 11.3. The molecular formula is C24H27N9O. The molecule has 10 nitrogen and oxygen atoms in total. The lowest BCUT2D eigenvalue weighted by Crippen LogP contribution is -2.50. The number of pyridine rings is 1. The van der Waals surface area contributed by atoms with E-state index in [1.165, 1.54) is 0 Å². The number of aryl methyl sites for hydroxylation is 1. The Morgan fingerprint density at radius 3 is 2.62 bits per heavy atom. The van der Waals surface area contributed by atoms with Crippen molar-refractivity contribution in [2.24, 2.45) is 7.05 Å². The van der Waals surface area contributed by atoms with Crippen molar-refractivity contribution in [2.45, 2.75) is 31.9 Å². The van der Waals surface area contributed by atoms with Crippen LogP contribution in [0.25, 0.3) is 16.8 Å². The molecular weight excluding hydrogens is 430 g/mol. The van der Waals surface area contributed by atoms with Crippen LogP contribution in [0, 0.1) is 11.3 Å². The van der Waals surface area contributed by atoms with Gasteiger partial charge in [-0.1, -0.05) is 0 Å². The molecule has 1 aliphatic rings. The Morgan fingerprint density at radius 2 is 1.97 bits per heavy atom. The number of hydrogen-bond acceptors (Lipinski definition) is 8. The number of nitrogens with zero attached hydrogens (tertiary/aromatic N) is 8. The highest BCUT2D eigenvalue weighted by Gasteiger charge is 2.29. The van der Waals surface area contributed by atoms with Gasteiger partial charge in [0.2, 0.25) is 0 Å². The number of nitrogens with one attached hydrogen (secondary N) is 1. The summed E-state index contributed by atoms with van der Waals surface area (Å²) in [4.78, 5) is 16.0. The van der Waals surface area contributed by atoms with Crippen molar-refractivity contribution in [3.63, 3.8) is 0 Å². The Morgan fingerprint density at radius 1 is 1.15 bits per heavy atom. The number of anilines is 1. The van der Waals surface area contributed by atoms with Crippen LogP contribution in [0.4, 0.5) is 5.82 Å². The minimum Gasteiger partial charge on any atom is -0.486 e. The van der Waals surface area contributed by atoms with E-state index >= 15 is 0 Å². The van der Waals surface area contributed by atoms with Crippen LogP contribution in [0.15, 0.2) is 43.4 Å². The quantitative estimate of drug-likeness (QED) is 0.471. The van der Waals surface area contributed by atoms with Crippen molar-refractivity contribution in [1.82, 2.24) is 34.4 Å². The maximum atomic E-state index is 9.60. The molecule has 0 aliphatic carbocycles. The molecule has 10 heteroatoms. The molecule has 174 valence electrons. The van der Waals surface area contributed by atoms with Crippen molar-refractivity contribution in [3.05, 3.63) is 54.6 Å². The fourth-order valence-electron chi connectivity index (χ4n) is 4.25. The molecule has 1 N–H and O–H groups in total. The SMILES string of the molecule is CNC1(C)CCN(c2cnc(-c3cc(OCc4cn(C)cn4)cn4ncc(C#N)c34)cn2)CC1. The molecule has 1 saturated heterocycles. The predicted octanol–water partition coefficient (Wildman–Crippen LogP) is 2.55. The van der Waals surface area contributed by atoms with Gasteiger partial charge >= 0.3 is 0 Å². The zero-order valence-electron chi connectivity index (χ0n) is 19.6. The summed E-state index contributed by atoms with van der Waals surface area (Å²) >= 11 is 0. The van der Waals surface area contributed by atoms with Crippen LogP contribution in [0.5, 0.6) is 5.75 Å². The molecule has 4 aromatic heterocycles. The van der Waals surface area contributed by atoms with Crippen LogP contribution < -0.4 is 15.0 Å². The normalized spacial score (nSPS) is 15.4. The molecule has 0 spiro atoms. The van der Waals surface area contributed by atoms with Gasteiger partial charge in [-0.2, -0.15) is 10.4 Å². The van der Waals surface area contributed by atoms with Gasteiger partial charge in [-0.15, -0.1) is 0 Å². The Labute approximate surface area is 197 Å². The Balaban J connectivity index is 1.43. The molecule has 0 bridgehead atoms. The van der Waals surface area contributed by atoms with Gasteiger partial charge < -0.3 is 19.5 Å². The first kappa shape index (κ1) is 21.9. The highest BCUT2D eigenvalue weighted by atomic mass is 16.5.